The molecule has 2 aromatic rings. The minimum Gasteiger partial charge on any atom is -0.383 e. The Morgan fingerprint density at radius 1 is 1.27 bits per heavy atom. The lowest BCUT2D eigenvalue weighted by Gasteiger charge is -2.09. The van der Waals surface area contributed by atoms with E-state index in [4.69, 9.17) is 4.74 Å². The predicted octanol–water partition coefficient (Wildman–Crippen LogP) is 2.67. The molecule has 5 nitrogen and oxygen atoms in total. The SMILES string of the molecule is COCCNc1cncc(C(=O)Nc2c(F)cccc2F)c1. The molecule has 2 N–H and O–H groups in total. The zero-order chi connectivity index (χ0) is 15.9. The van der Waals surface area contributed by atoms with Gasteiger partial charge in [0.2, 0.25) is 0 Å². The molecule has 0 bridgehead atoms. The lowest BCUT2D eigenvalue weighted by Crippen LogP contribution is -2.15. The van der Waals surface area contributed by atoms with E-state index in [0.29, 0.717) is 18.8 Å². The van der Waals surface area contributed by atoms with Crippen LogP contribution in [0, 0.1) is 11.6 Å². The number of pyridine rings is 1. The van der Waals surface area contributed by atoms with E-state index >= 15 is 0 Å². The highest BCUT2D eigenvalue weighted by Gasteiger charge is 2.14. The third-order valence-electron chi connectivity index (χ3n) is 2.84. The van der Waals surface area contributed by atoms with Gasteiger partial charge in [0, 0.05) is 26.0 Å². The molecule has 0 spiro atoms. The Morgan fingerprint density at radius 2 is 2.00 bits per heavy atom. The number of hydrogen-bond donors (Lipinski definition) is 2. The second-order valence-electron chi connectivity index (χ2n) is 4.43. The van der Waals surface area contributed by atoms with Crippen LogP contribution in [0.1, 0.15) is 10.4 Å². The van der Waals surface area contributed by atoms with Crippen molar-refractivity contribution in [1.82, 2.24) is 4.98 Å². The summed E-state index contributed by atoms with van der Waals surface area (Å²) >= 11 is 0. The Bertz CT molecular complexity index is 645. The molecule has 116 valence electrons. The number of aromatic nitrogens is 1. The van der Waals surface area contributed by atoms with Crippen molar-refractivity contribution in [3.63, 3.8) is 0 Å². The van der Waals surface area contributed by atoms with Gasteiger partial charge in [-0.1, -0.05) is 6.07 Å². The average molecular weight is 307 g/mol. The molecular formula is C15H15F2N3O2. The minimum atomic E-state index is -0.837. The van der Waals surface area contributed by atoms with E-state index < -0.39 is 23.2 Å². The summed E-state index contributed by atoms with van der Waals surface area (Å²) in [6, 6.07) is 4.90. The molecule has 1 amide bonds. The van der Waals surface area contributed by atoms with Gasteiger partial charge in [0.25, 0.3) is 5.91 Å². The summed E-state index contributed by atoms with van der Waals surface area (Å²) in [5.41, 5.74) is 0.314. The maximum atomic E-state index is 13.5. The standard InChI is InChI=1S/C15H15F2N3O2/c1-22-6-5-19-11-7-10(8-18-9-11)15(21)20-14-12(16)3-2-4-13(14)17/h2-4,7-9,19H,5-6H2,1H3,(H,20,21). The van der Waals surface area contributed by atoms with Crippen molar-refractivity contribution in [3.05, 3.63) is 53.9 Å². The van der Waals surface area contributed by atoms with Crippen LogP contribution in [0.2, 0.25) is 0 Å². The van der Waals surface area contributed by atoms with E-state index in [-0.39, 0.29) is 5.56 Å². The molecule has 1 heterocycles. The number of carbonyl (C=O) groups excluding carboxylic acids is 1. The molecule has 0 saturated carbocycles. The Hall–Kier alpha value is -2.54. The van der Waals surface area contributed by atoms with Gasteiger partial charge in [0.1, 0.15) is 17.3 Å². The van der Waals surface area contributed by atoms with Crippen LogP contribution in [-0.4, -0.2) is 31.2 Å². The number of anilines is 2. The van der Waals surface area contributed by atoms with E-state index in [0.717, 1.165) is 12.1 Å². The molecule has 0 aliphatic rings. The fraction of sp³-hybridized carbons (Fsp3) is 0.200. The Morgan fingerprint density at radius 3 is 2.68 bits per heavy atom. The number of nitrogens with zero attached hydrogens (tertiary/aromatic N) is 1. The van der Waals surface area contributed by atoms with Crippen molar-refractivity contribution < 1.29 is 18.3 Å². The Balaban J connectivity index is 2.11. The zero-order valence-electron chi connectivity index (χ0n) is 11.9. The molecule has 0 radical (unpaired) electrons. The van der Waals surface area contributed by atoms with E-state index in [1.165, 1.54) is 24.5 Å². The summed E-state index contributed by atoms with van der Waals surface area (Å²) in [6.07, 6.45) is 2.85. The number of nitrogens with one attached hydrogen (secondary N) is 2. The van der Waals surface area contributed by atoms with E-state index in [9.17, 15) is 13.6 Å². The zero-order valence-corrected chi connectivity index (χ0v) is 11.9. The molecular weight excluding hydrogens is 292 g/mol. The highest BCUT2D eigenvalue weighted by Crippen LogP contribution is 2.19. The van der Waals surface area contributed by atoms with E-state index in [1.54, 1.807) is 7.11 Å². The van der Waals surface area contributed by atoms with Crippen LogP contribution in [-0.2, 0) is 4.74 Å². The molecule has 1 aromatic carbocycles. The number of para-hydroxylation sites is 1. The normalized spacial score (nSPS) is 10.3. The van der Waals surface area contributed by atoms with Crippen molar-refractivity contribution in [2.45, 2.75) is 0 Å². The molecule has 0 atom stereocenters. The number of halogens is 2. The minimum absolute atomic E-state index is 0.185. The maximum absolute atomic E-state index is 13.5. The van der Waals surface area contributed by atoms with Crippen molar-refractivity contribution in [2.24, 2.45) is 0 Å². The summed E-state index contributed by atoms with van der Waals surface area (Å²) in [6.45, 7) is 1.04. The first-order valence-corrected chi connectivity index (χ1v) is 6.55. The highest BCUT2D eigenvalue weighted by molar-refractivity contribution is 6.04. The average Bonchev–Trinajstić information content (AvgIpc) is 2.51. The van der Waals surface area contributed by atoms with Gasteiger partial charge in [-0.3, -0.25) is 9.78 Å². The summed E-state index contributed by atoms with van der Waals surface area (Å²) < 4.78 is 31.9. The number of carbonyl (C=O) groups is 1. The van der Waals surface area contributed by atoms with E-state index in [2.05, 4.69) is 15.6 Å². The van der Waals surface area contributed by atoms with Crippen LogP contribution in [0.4, 0.5) is 20.2 Å². The van der Waals surface area contributed by atoms with Crippen LogP contribution in [0.3, 0.4) is 0 Å². The first-order chi connectivity index (χ1) is 10.6. The summed E-state index contributed by atoms with van der Waals surface area (Å²) in [4.78, 5) is 16.0. The van der Waals surface area contributed by atoms with Crippen LogP contribution in [0.25, 0.3) is 0 Å². The number of amides is 1. The van der Waals surface area contributed by atoms with Crippen LogP contribution < -0.4 is 10.6 Å². The van der Waals surface area contributed by atoms with Gasteiger partial charge in [0.05, 0.1) is 17.9 Å². The van der Waals surface area contributed by atoms with Crippen LogP contribution >= 0.6 is 0 Å². The molecule has 0 unspecified atom stereocenters. The quantitative estimate of drug-likeness (QED) is 0.805. The lowest BCUT2D eigenvalue weighted by molar-refractivity contribution is 0.102. The topological polar surface area (TPSA) is 63.2 Å². The van der Waals surface area contributed by atoms with Gasteiger partial charge in [-0.2, -0.15) is 0 Å². The van der Waals surface area contributed by atoms with Crippen LogP contribution in [0.15, 0.2) is 36.7 Å². The summed E-state index contributed by atoms with van der Waals surface area (Å²) in [7, 11) is 1.58. The molecule has 0 aliphatic carbocycles. The lowest BCUT2D eigenvalue weighted by atomic mass is 10.2. The Kier molecular flexibility index (Phi) is 5.37. The molecule has 2 rings (SSSR count). The van der Waals surface area contributed by atoms with Crippen LogP contribution in [0.5, 0.6) is 0 Å². The van der Waals surface area contributed by atoms with Gasteiger partial charge >= 0.3 is 0 Å². The number of methoxy groups -OCH3 is 1. The number of benzene rings is 1. The monoisotopic (exact) mass is 307 g/mol. The largest absolute Gasteiger partial charge is 0.383 e. The fourth-order valence-electron chi connectivity index (χ4n) is 1.76. The van der Waals surface area contributed by atoms with E-state index in [1.807, 2.05) is 0 Å². The van der Waals surface area contributed by atoms with Gasteiger partial charge in [-0.15, -0.1) is 0 Å². The maximum Gasteiger partial charge on any atom is 0.257 e. The van der Waals surface area contributed by atoms with Crippen molar-refractivity contribution >= 4 is 17.3 Å². The first kappa shape index (κ1) is 15.8. The number of rotatable bonds is 6. The van der Waals surface area contributed by atoms with Gasteiger partial charge < -0.3 is 15.4 Å². The van der Waals surface area contributed by atoms with Crippen molar-refractivity contribution in [1.29, 1.82) is 0 Å². The summed E-state index contributed by atoms with van der Waals surface area (Å²) in [5, 5.41) is 5.22. The van der Waals surface area contributed by atoms with Gasteiger partial charge in [0.15, 0.2) is 0 Å². The third-order valence-corrected chi connectivity index (χ3v) is 2.84. The van der Waals surface area contributed by atoms with Crippen molar-refractivity contribution in [2.75, 3.05) is 30.9 Å². The van der Waals surface area contributed by atoms with Gasteiger partial charge in [-0.05, 0) is 18.2 Å². The van der Waals surface area contributed by atoms with Gasteiger partial charge in [-0.25, -0.2) is 8.78 Å². The van der Waals surface area contributed by atoms with Crippen molar-refractivity contribution in [3.8, 4) is 0 Å². The smallest absolute Gasteiger partial charge is 0.257 e. The molecule has 1 aromatic heterocycles. The number of ether oxygens (including phenoxy) is 1. The molecule has 0 aliphatic heterocycles. The fourth-order valence-corrected chi connectivity index (χ4v) is 1.76. The molecule has 7 heteroatoms. The molecule has 0 fully saturated rings. The first-order valence-electron chi connectivity index (χ1n) is 6.55. The second kappa shape index (κ2) is 7.46. The third kappa shape index (κ3) is 3.98. The summed E-state index contributed by atoms with van der Waals surface area (Å²) in [5.74, 6) is -2.32. The highest BCUT2D eigenvalue weighted by atomic mass is 19.1. The molecule has 0 saturated heterocycles. The predicted molar refractivity (Wildman–Crippen MR) is 78.9 cm³/mol. The number of hydrogen-bond acceptors (Lipinski definition) is 4. The second-order valence-corrected chi connectivity index (χ2v) is 4.43. The molecule has 22 heavy (non-hydrogen) atoms. The Labute approximate surface area is 126 Å².